The molecule has 4 nitrogen and oxygen atoms in total. The maximum atomic E-state index is 9.50. The fraction of sp³-hybridized carbons (Fsp3) is 0.538. The second-order valence-electron chi connectivity index (χ2n) is 4.70. The zero-order chi connectivity index (χ0) is 12.5. The summed E-state index contributed by atoms with van der Waals surface area (Å²) in [5.41, 5.74) is 1.03. The van der Waals surface area contributed by atoms with Crippen molar-refractivity contribution in [3.63, 3.8) is 0 Å². The number of rotatable bonds is 4. The van der Waals surface area contributed by atoms with Crippen LogP contribution >= 0.6 is 15.9 Å². The largest absolute Gasteiger partial charge is 0.486 e. The third kappa shape index (κ3) is 2.48. The van der Waals surface area contributed by atoms with Gasteiger partial charge in [0.2, 0.25) is 0 Å². The van der Waals surface area contributed by atoms with Crippen molar-refractivity contribution in [3.8, 4) is 11.5 Å². The van der Waals surface area contributed by atoms with E-state index in [2.05, 4.69) is 21.2 Å². The van der Waals surface area contributed by atoms with E-state index in [0.717, 1.165) is 21.5 Å². The average molecular weight is 314 g/mol. The van der Waals surface area contributed by atoms with Crippen molar-refractivity contribution in [1.29, 1.82) is 0 Å². The van der Waals surface area contributed by atoms with Crippen molar-refractivity contribution >= 4 is 15.9 Å². The SMILES string of the molecule is OCC(NC1CC1)c1cc(Br)c2c(c1)OCCO2. The molecule has 0 amide bonds. The zero-order valence-electron chi connectivity index (χ0n) is 9.99. The van der Waals surface area contributed by atoms with Crippen LogP contribution in [0.15, 0.2) is 16.6 Å². The molecule has 0 bridgehead atoms. The maximum absolute atomic E-state index is 9.50. The lowest BCUT2D eigenvalue weighted by Crippen LogP contribution is -2.26. The highest BCUT2D eigenvalue weighted by Crippen LogP contribution is 2.40. The molecule has 1 saturated carbocycles. The number of nitrogens with one attached hydrogen (secondary N) is 1. The molecule has 1 aromatic rings. The molecule has 1 aliphatic carbocycles. The molecule has 1 heterocycles. The van der Waals surface area contributed by atoms with Crippen LogP contribution in [0.1, 0.15) is 24.4 Å². The summed E-state index contributed by atoms with van der Waals surface area (Å²) in [4.78, 5) is 0. The second kappa shape index (κ2) is 5.07. The van der Waals surface area contributed by atoms with Gasteiger partial charge in [0.1, 0.15) is 13.2 Å². The lowest BCUT2D eigenvalue weighted by Gasteiger charge is -2.23. The first-order chi connectivity index (χ1) is 8.78. The summed E-state index contributed by atoms with van der Waals surface area (Å²) in [5, 5.41) is 12.9. The van der Waals surface area contributed by atoms with Gasteiger partial charge in [-0.05, 0) is 46.5 Å². The van der Waals surface area contributed by atoms with Crippen molar-refractivity contribution in [2.24, 2.45) is 0 Å². The fourth-order valence-electron chi connectivity index (χ4n) is 2.12. The van der Waals surface area contributed by atoms with Crippen LogP contribution in [-0.4, -0.2) is 31.0 Å². The predicted octanol–water partition coefficient (Wildman–Crippen LogP) is 2.01. The first-order valence-electron chi connectivity index (χ1n) is 6.24. The number of aliphatic hydroxyl groups is 1. The van der Waals surface area contributed by atoms with Gasteiger partial charge in [0, 0.05) is 6.04 Å². The molecule has 5 heteroatoms. The highest BCUT2D eigenvalue weighted by atomic mass is 79.9. The van der Waals surface area contributed by atoms with Crippen LogP contribution in [0.4, 0.5) is 0 Å². The molecule has 1 aromatic carbocycles. The molecule has 1 unspecified atom stereocenters. The van der Waals surface area contributed by atoms with E-state index in [1.54, 1.807) is 0 Å². The zero-order valence-corrected chi connectivity index (χ0v) is 11.6. The number of hydrogen-bond donors (Lipinski definition) is 2. The summed E-state index contributed by atoms with van der Waals surface area (Å²) < 4.78 is 12.0. The van der Waals surface area contributed by atoms with E-state index in [1.807, 2.05) is 12.1 Å². The molecule has 0 saturated heterocycles. The number of halogens is 1. The monoisotopic (exact) mass is 313 g/mol. The van der Waals surface area contributed by atoms with Crippen LogP contribution in [0.25, 0.3) is 0 Å². The van der Waals surface area contributed by atoms with Gasteiger partial charge in [-0.1, -0.05) is 0 Å². The molecule has 0 radical (unpaired) electrons. The van der Waals surface area contributed by atoms with Gasteiger partial charge in [-0.2, -0.15) is 0 Å². The summed E-state index contributed by atoms with van der Waals surface area (Å²) >= 11 is 3.50. The Morgan fingerprint density at radius 2 is 2.11 bits per heavy atom. The Morgan fingerprint density at radius 1 is 1.33 bits per heavy atom. The van der Waals surface area contributed by atoms with E-state index in [1.165, 1.54) is 12.8 Å². The first-order valence-corrected chi connectivity index (χ1v) is 7.03. The smallest absolute Gasteiger partial charge is 0.175 e. The Kier molecular flexibility index (Phi) is 3.46. The lowest BCUT2D eigenvalue weighted by molar-refractivity contribution is 0.169. The van der Waals surface area contributed by atoms with Crippen molar-refractivity contribution in [2.45, 2.75) is 24.9 Å². The Labute approximate surface area is 114 Å². The van der Waals surface area contributed by atoms with Gasteiger partial charge in [-0.15, -0.1) is 0 Å². The second-order valence-corrected chi connectivity index (χ2v) is 5.56. The molecule has 3 rings (SSSR count). The quantitative estimate of drug-likeness (QED) is 0.893. The molecule has 1 atom stereocenters. The third-order valence-corrected chi connectivity index (χ3v) is 3.81. The highest BCUT2D eigenvalue weighted by Gasteiger charge is 2.26. The van der Waals surface area contributed by atoms with Crippen molar-refractivity contribution in [1.82, 2.24) is 5.32 Å². The lowest BCUT2D eigenvalue weighted by atomic mass is 10.1. The van der Waals surface area contributed by atoms with Gasteiger partial charge in [0.25, 0.3) is 0 Å². The van der Waals surface area contributed by atoms with Gasteiger partial charge in [0.05, 0.1) is 17.1 Å². The van der Waals surface area contributed by atoms with Gasteiger partial charge in [-0.3, -0.25) is 0 Å². The Morgan fingerprint density at radius 3 is 2.83 bits per heavy atom. The predicted molar refractivity (Wildman–Crippen MR) is 71.1 cm³/mol. The molecule has 1 fully saturated rings. The fourth-order valence-corrected chi connectivity index (χ4v) is 2.70. The van der Waals surface area contributed by atoms with Crippen LogP contribution in [0.5, 0.6) is 11.5 Å². The van der Waals surface area contributed by atoms with Crippen LogP contribution in [0.3, 0.4) is 0 Å². The molecule has 98 valence electrons. The minimum absolute atomic E-state index is 0.0374. The Hall–Kier alpha value is -0.780. The van der Waals surface area contributed by atoms with Gasteiger partial charge >= 0.3 is 0 Å². The summed E-state index contributed by atoms with van der Waals surface area (Å²) in [6.45, 7) is 1.24. The minimum Gasteiger partial charge on any atom is -0.486 e. The van der Waals surface area contributed by atoms with Crippen molar-refractivity contribution in [3.05, 3.63) is 22.2 Å². The molecular weight excluding hydrogens is 298 g/mol. The number of fused-ring (bicyclic) bond motifs is 1. The third-order valence-electron chi connectivity index (χ3n) is 3.22. The van der Waals surface area contributed by atoms with Crippen molar-refractivity contribution < 1.29 is 14.6 Å². The van der Waals surface area contributed by atoms with Gasteiger partial charge < -0.3 is 19.9 Å². The molecule has 0 aromatic heterocycles. The molecule has 18 heavy (non-hydrogen) atoms. The van der Waals surface area contributed by atoms with Crippen molar-refractivity contribution in [2.75, 3.05) is 19.8 Å². The van der Waals surface area contributed by atoms with Gasteiger partial charge in [-0.25, -0.2) is 0 Å². The maximum Gasteiger partial charge on any atom is 0.175 e. The van der Waals surface area contributed by atoms with E-state index in [0.29, 0.717) is 19.3 Å². The molecular formula is C13H16BrNO3. The van der Waals surface area contributed by atoms with Crippen LogP contribution in [0, 0.1) is 0 Å². The summed E-state index contributed by atoms with van der Waals surface area (Å²) in [7, 11) is 0. The normalized spacial score (nSPS) is 19.7. The molecule has 2 aliphatic rings. The Bertz CT molecular complexity index is 448. The van der Waals surface area contributed by atoms with E-state index >= 15 is 0 Å². The van der Waals surface area contributed by atoms with E-state index in [-0.39, 0.29) is 12.6 Å². The summed E-state index contributed by atoms with van der Waals surface area (Å²) in [5.74, 6) is 1.51. The molecule has 0 spiro atoms. The van der Waals surface area contributed by atoms with Crippen LogP contribution < -0.4 is 14.8 Å². The van der Waals surface area contributed by atoms with Crippen LogP contribution in [-0.2, 0) is 0 Å². The Balaban J connectivity index is 1.88. The van der Waals surface area contributed by atoms with E-state index in [4.69, 9.17) is 9.47 Å². The summed E-state index contributed by atoms with van der Waals surface area (Å²) in [6, 6.07) is 4.46. The summed E-state index contributed by atoms with van der Waals surface area (Å²) in [6.07, 6.45) is 2.39. The van der Waals surface area contributed by atoms with Crippen LogP contribution in [0.2, 0.25) is 0 Å². The molecule has 1 aliphatic heterocycles. The number of ether oxygens (including phenoxy) is 2. The standard InChI is InChI=1S/C13H16BrNO3/c14-10-5-8(11(7-16)15-9-1-2-9)6-12-13(10)18-4-3-17-12/h5-6,9,11,15-16H,1-4,7H2. The number of hydrogen-bond acceptors (Lipinski definition) is 4. The van der Waals surface area contributed by atoms with E-state index in [9.17, 15) is 5.11 Å². The minimum atomic E-state index is -0.0374. The average Bonchev–Trinajstić information content (AvgIpc) is 3.20. The highest BCUT2D eigenvalue weighted by molar-refractivity contribution is 9.10. The first kappa shape index (κ1) is 12.3. The molecule has 2 N–H and O–H groups in total. The number of benzene rings is 1. The van der Waals surface area contributed by atoms with E-state index < -0.39 is 0 Å². The number of aliphatic hydroxyl groups excluding tert-OH is 1. The van der Waals surface area contributed by atoms with Gasteiger partial charge in [0.15, 0.2) is 11.5 Å². The topological polar surface area (TPSA) is 50.7 Å².